The molecule has 1 aliphatic rings. The molecule has 1 aliphatic carbocycles. The topological polar surface area (TPSA) is 128 Å². The van der Waals surface area contributed by atoms with Crippen LogP contribution < -0.4 is 15.9 Å². The van der Waals surface area contributed by atoms with E-state index < -0.39 is 35.7 Å². The Morgan fingerprint density at radius 1 is 1.00 bits per heavy atom. The van der Waals surface area contributed by atoms with E-state index in [1.54, 1.807) is 66.0 Å². The third kappa shape index (κ3) is 4.76. The molecular weight excluding hydrogens is 525 g/mol. The van der Waals surface area contributed by atoms with Gasteiger partial charge in [-0.05, 0) is 12.8 Å². The zero-order valence-corrected chi connectivity index (χ0v) is 21.7. The van der Waals surface area contributed by atoms with Crippen molar-refractivity contribution in [2.24, 2.45) is 0 Å². The van der Waals surface area contributed by atoms with E-state index in [9.17, 15) is 24.3 Å². The van der Waals surface area contributed by atoms with Crippen LogP contribution in [0, 0.1) is 10.1 Å². The quantitative estimate of drug-likeness (QED) is 0.139. The van der Waals surface area contributed by atoms with Crippen LogP contribution in [0.1, 0.15) is 12.8 Å². The molecule has 5 rings (SSSR count). The lowest BCUT2D eigenvalue weighted by molar-refractivity contribution is -0.384. The second-order valence-electron chi connectivity index (χ2n) is 8.78. The number of nitrogens with one attached hydrogen (secondary N) is 1. The first kappa shape index (κ1) is 25.5. The number of hydrogen-bond acceptors (Lipinski definition) is 8. The van der Waals surface area contributed by atoms with E-state index >= 15 is 0 Å². The molecule has 1 heterocycles. The summed E-state index contributed by atoms with van der Waals surface area (Å²) in [6.45, 7) is -0.560. The first-order valence-electron chi connectivity index (χ1n) is 11.7. The van der Waals surface area contributed by atoms with Crippen LogP contribution >= 0.6 is 18.5 Å². The lowest BCUT2D eigenvalue weighted by atomic mass is 10.1. The summed E-state index contributed by atoms with van der Waals surface area (Å²) in [7, 11) is -3.40. The summed E-state index contributed by atoms with van der Waals surface area (Å²) in [5, 5.41) is 15.5. The van der Waals surface area contributed by atoms with Gasteiger partial charge >= 0.3 is 5.97 Å². The number of nitrogens with zero attached hydrogens (tertiary/aromatic N) is 2. The summed E-state index contributed by atoms with van der Waals surface area (Å²) in [6, 6.07) is 23.9. The fraction of sp³-hybridized carbons (Fsp3) is 0.148. The minimum Gasteiger partial charge on any atom is -0.455 e. The summed E-state index contributed by atoms with van der Waals surface area (Å²) >= 11 is 1.14. The van der Waals surface area contributed by atoms with Gasteiger partial charge in [0.1, 0.15) is 5.16 Å². The Bertz CT molecular complexity index is 1510. The van der Waals surface area contributed by atoms with Gasteiger partial charge in [-0.25, -0.2) is 4.98 Å². The van der Waals surface area contributed by atoms with Gasteiger partial charge in [-0.15, -0.1) is 11.3 Å². The van der Waals surface area contributed by atoms with Crippen LogP contribution in [0.3, 0.4) is 0 Å². The number of rotatable bonds is 9. The van der Waals surface area contributed by atoms with Gasteiger partial charge in [-0.1, -0.05) is 72.8 Å². The fourth-order valence-electron chi connectivity index (χ4n) is 4.35. The van der Waals surface area contributed by atoms with Gasteiger partial charge in [0, 0.05) is 33.7 Å². The summed E-state index contributed by atoms with van der Waals surface area (Å²) < 4.78 is 20.0. The molecule has 11 heteroatoms. The van der Waals surface area contributed by atoms with Crippen molar-refractivity contribution in [3.05, 3.63) is 100 Å². The molecule has 38 heavy (non-hydrogen) atoms. The highest BCUT2D eigenvalue weighted by atomic mass is 32.1. The van der Waals surface area contributed by atoms with Crippen molar-refractivity contribution in [3.8, 4) is 11.3 Å². The van der Waals surface area contributed by atoms with Crippen LogP contribution in [0.25, 0.3) is 11.3 Å². The van der Waals surface area contributed by atoms with Crippen molar-refractivity contribution in [3.63, 3.8) is 0 Å². The molecule has 4 aromatic rings. The molecule has 1 aromatic heterocycles. The normalized spacial score (nSPS) is 13.9. The molecule has 9 nitrogen and oxygen atoms in total. The molecule has 0 aliphatic heterocycles. The molecule has 1 amide bonds. The SMILES string of the molecule is O=C(COC(=O)C1(P(=O)(c2ccccc2)c2ccccc2)CC1)Nc1nc(-c2cccc([N+](=O)[O-])c2)cs1. The second-order valence-corrected chi connectivity index (χ2v) is 12.7. The standard InChI is InChI=1S/C27H22N3O6PS/c31-24(29-26-28-23(18-38-26)19-8-7-9-20(16-19)30(33)34)17-36-25(32)27(14-15-27)37(35,21-10-3-1-4-11-21)22-12-5-2-6-13-22/h1-13,16,18H,14-15,17H2,(H,28,29,31). The molecule has 0 saturated heterocycles. The number of carbonyl (C=O) groups is 2. The van der Waals surface area contributed by atoms with Crippen LogP contribution in [0.5, 0.6) is 0 Å². The Kier molecular flexibility index (Phi) is 6.93. The first-order valence-corrected chi connectivity index (χ1v) is 14.3. The molecule has 0 bridgehead atoms. The third-order valence-electron chi connectivity index (χ3n) is 6.38. The number of amides is 1. The number of nitro groups is 1. The fourth-order valence-corrected chi connectivity index (χ4v) is 8.62. The molecule has 0 spiro atoms. The molecular formula is C27H22N3O6PS. The van der Waals surface area contributed by atoms with Gasteiger partial charge in [-0.3, -0.25) is 25.0 Å². The summed E-state index contributed by atoms with van der Waals surface area (Å²) in [4.78, 5) is 40.7. The number of hydrogen-bond donors (Lipinski definition) is 1. The van der Waals surface area contributed by atoms with Crippen molar-refractivity contribution in [1.82, 2.24) is 4.98 Å². The lowest BCUT2D eigenvalue weighted by Gasteiger charge is -2.27. The molecule has 3 aromatic carbocycles. The molecule has 1 saturated carbocycles. The van der Waals surface area contributed by atoms with Crippen molar-refractivity contribution in [2.45, 2.75) is 18.0 Å². The summed E-state index contributed by atoms with van der Waals surface area (Å²) in [5.74, 6) is -1.26. The lowest BCUT2D eigenvalue weighted by Crippen LogP contribution is -2.36. The van der Waals surface area contributed by atoms with Crippen LogP contribution in [0.15, 0.2) is 90.3 Å². The van der Waals surface area contributed by atoms with E-state index in [-0.39, 0.29) is 10.8 Å². The number of aromatic nitrogens is 1. The van der Waals surface area contributed by atoms with Gasteiger partial charge in [0.05, 0.1) is 10.6 Å². The van der Waals surface area contributed by atoms with Crippen molar-refractivity contribution in [2.75, 3.05) is 11.9 Å². The number of benzene rings is 3. The van der Waals surface area contributed by atoms with E-state index in [0.717, 1.165) is 11.3 Å². The van der Waals surface area contributed by atoms with E-state index in [1.165, 1.54) is 12.1 Å². The van der Waals surface area contributed by atoms with Crippen LogP contribution in [0.4, 0.5) is 10.8 Å². The van der Waals surface area contributed by atoms with Gasteiger partial charge < -0.3 is 9.30 Å². The van der Waals surface area contributed by atoms with E-state index in [2.05, 4.69) is 10.3 Å². The molecule has 192 valence electrons. The average Bonchev–Trinajstić information content (AvgIpc) is 3.65. The Labute approximate surface area is 222 Å². The monoisotopic (exact) mass is 547 g/mol. The number of non-ortho nitro benzene ring substituents is 1. The first-order chi connectivity index (χ1) is 18.3. The number of anilines is 1. The number of nitro benzene ring substituents is 1. The smallest absolute Gasteiger partial charge is 0.320 e. The molecule has 0 unspecified atom stereocenters. The van der Waals surface area contributed by atoms with Crippen molar-refractivity contribution in [1.29, 1.82) is 0 Å². The Morgan fingerprint density at radius 3 is 2.21 bits per heavy atom. The minimum absolute atomic E-state index is 0.0645. The van der Waals surface area contributed by atoms with Crippen LogP contribution in [-0.2, 0) is 18.9 Å². The summed E-state index contributed by atoms with van der Waals surface area (Å²) in [5.41, 5.74) is 0.940. The average molecular weight is 548 g/mol. The highest BCUT2D eigenvalue weighted by Gasteiger charge is 2.65. The van der Waals surface area contributed by atoms with E-state index in [4.69, 9.17) is 4.74 Å². The predicted octanol–water partition coefficient (Wildman–Crippen LogP) is 4.75. The van der Waals surface area contributed by atoms with Gasteiger partial charge in [0.15, 0.2) is 18.9 Å². The zero-order valence-electron chi connectivity index (χ0n) is 20.0. The maximum absolute atomic E-state index is 14.6. The number of thiazole rings is 1. The van der Waals surface area contributed by atoms with Crippen molar-refractivity contribution < 1.29 is 23.8 Å². The van der Waals surface area contributed by atoms with Crippen LogP contribution in [-0.4, -0.2) is 33.5 Å². The maximum atomic E-state index is 14.6. The number of ether oxygens (including phenoxy) is 1. The van der Waals surface area contributed by atoms with Crippen LogP contribution in [0.2, 0.25) is 0 Å². The number of carbonyl (C=O) groups excluding carboxylic acids is 2. The summed E-state index contributed by atoms with van der Waals surface area (Å²) in [6.07, 6.45) is 0.793. The molecule has 1 fully saturated rings. The Hall–Kier alpha value is -4.14. The van der Waals surface area contributed by atoms with Crippen molar-refractivity contribution >= 4 is 51.8 Å². The molecule has 1 N–H and O–H groups in total. The number of esters is 1. The minimum atomic E-state index is -3.40. The largest absolute Gasteiger partial charge is 0.455 e. The second kappa shape index (κ2) is 10.3. The highest BCUT2D eigenvalue weighted by Crippen LogP contribution is 2.68. The zero-order chi connectivity index (χ0) is 26.8. The molecule has 0 radical (unpaired) electrons. The van der Waals surface area contributed by atoms with E-state index in [1.807, 2.05) is 12.1 Å². The van der Waals surface area contributed by atoms with Gasteiger partial charge in [0.2, 0.25) is 0 Å². The molecule has 0 atom stereocenters. The maximum Gasteiger partial charge on any atom is 0.320 e. The predicted molar refractivity (Wildman–Crippen MR) is 146 cm³/mol. The Morgan fingerprint density at radius 2 is 1.63 bits per heavy atom. The van der Waals surface area contributed by atoms with Gasteiger partial charge in [0.25, 0.3) is 11.6 Å². The third-order valence-corrected chi connectivity index (χ3v) is 11.0. The van der Waals surface area contributed by atoms with Gasteiger partial charge in [-0.2, -0.15) is 0 Å². The van der Waals surface area contributed by atoms with E-state index in [0.29, 0.717) is 34.7 Å². The highest BCUT2D eigenvalue weighted by molar-refractivity contribution is 7.81. The Balaban J connectivity index is 1.28.